The molecular weight excluding hydrogens is 513 g/mol. The summed E-state index contributed by atoms with van der Waals surface area (Å²) in [5.74, 6) is 0.879. The molecule has 0 amide bonds. The number of guanidine groups is 1. The van der Waals surface area contributed by atoms with E-state index < -0.39 is 0 Å². The van der Waals surface area contributed by atoms with E-state index in [1.54, 1.807) is 0 Å². The Morgan fingerprint density at radius 1 is 1.20 bits per heavy atom. The van der Waals surface area contributed by atoms with E-state index in [-0.39, 0.29) is 30.0 Å². The maximum absolute atomic E-state index is 6.55. The van der Waals surface area contributed by atoms with Crippen LogP contribution in [0.2, 0.25) is 5.02 Å². The Labute approximate surface area is 203 Å². The Bertz CT molecular complexity index is 648. The number of morpholine rings is 1. The number of rotatable bonds is 7. The van der Waals surface area contributed by atoms with E-state index in [2.05, 4.69) is 44.5 Å². The van der Waals surface area contributed by atoms with E-state index in [9.17, 15) is 0 Å². The molecule has 0 aliphatic carbocycles. The molecule has 30 heavy (non-hydrogen) atoms. The molecule has 2 fully saturated rings. The highest BCUT2D eigenvalue weighted by Crippen LogP contribution is 2.27. The Balaban J connectivity index is 0.00000320. The fourth-order valence-electron chi connectivity index (χ4n) is 4.27. The zero-order chi connectivity index (χ0) is 20.5. The molecule has 0 bridgehead atoms. The van der Waals surface area contributed by atoms with Crippen LogP contribution in [0.3, 0.4) is 0 Å². The smallest absolute Gasteiger partial charge is 0.191 e. The molecule has 2 aliphatic heterocycles. The molecule has 2 saturated heterocycles. The molecule has 2 heterocycles. The van der Waals surface area contributed by atoms with Crippen LogP contribution >= 0.6 is 35.6 Å². The van der Waals surface area contributed by atoms with Crippen molar-refractivity contribution in [3.8, 4) is 0 Å². The predicted octanol–water partition coefficient (Wildman–Crippen LogP) is 3.37. The van der Waals surface area contributed by atoms with Gasteiger partial charge in [0.15, 0.2) is 5.96 Å². The quantitative estimate of drug-likeness (QED) is 0.310. The Morgan fingerprint density at radius 2 is 1.90 bits per heavy atom. The van der Waals surface area contributed by atoms with Crippen LogP contribution in [0.25, 0.3) is 0 Å². The van der Waals surface area contributed by atoms with Crippen LogP contribution in [-0.4, -0.2) is 81.3 Å². The number of benzene rings is 1. The van der Waals surface area contributed by atoms with Crippen LogP contribution in [-0.2, 0) is 4.74 Å². The van der Waals surface area contributed by atoms with E-state index in [4.69, 9.17) is 16.3 Å². The number of hydrogen-bond acceptors (Lipinski definition) is 4. The average Bonchev–Trinajstić information content (AvgIpc) is 2.76. The van der Waals surface area contributed by atoms with E-state index in [1.807, 2.05) is 19.2 Å². The van der Waals surface area contributed by atoms with Gasteiger partial charge in [0, 0.05) is 50.8 Å². The molecule has 2 N–H and O–H groups in total. The number of aliphatic imine (C=N–C) groups is 1. The van der Waals surface area contributed by atoms with Crippen molar-refractivity contribution in [3.05, 3.63) is 34.9 Å². The van der Waals surface area contributed by atoms with Gasteiger partial charge in [0.2, 0.25) is 0 Å². The number of likely N-dealkylation sites (tertiary alicyclic amines) is 1. The monoisotopic (exact) mass is 549 g/mol. The highest BCUT2D eigenvalue weighted by molar-refractivity contribution is 14.0. The summed E-state index contributed by atoms with van der Waals surface area (Å²) in [7, 11) is 1.85. The second kappa shape index (κ2) is 13.7. The maximum Gasteiger partial charge on any atom is 0.191 e. The second-order valence-electron chi connectivity index (χ2n) is 7.90. The van der Waals surface area contributed by atoms with Gasteiger partial charge < -0.3 is 20.3 Å². The normalized spacial score (nSPS) is 20.4. The van der Waals surface area contributed by atoms with Gasteiger partial charge in [0.1, 0.15) is 0 Å². The highest BCUT2D eigenvalue weighted by atomic mass is 127. The first-order valence-corrected chi connectivity index (χ1v) is 11.3. The van der Waals surface area contributed by atoms with Crippen LogP contribution in [0.5, 0.6) is 0 Å². The molecule has 3 rings (SSSR count). The summed E-state index contributed by atoms with van der Waals surface area (Å²) in [6.07, 6.45) is 3.56. The van der Waals surface area contributed by atoms with Crippen molar-refractivity contribution < 1.29 is 4.74 Å². The van der Waals surface area contributed by atoms with Gasteiger partial charge in [-0.3, -0.25) is 9.89 Å². The fourth-order valence-corrected chi connectivity index (χ4v) is 4.53. The minimum absolute atomic E-state index is 0. The number of piperidine rings is 1. The van der Waals surface area contributed by atoms with Crippen LogP contribution in [0.4, 0.5) is 0 Å². The summed E-state index contributed by atoms with van der Waals surface area (Å²) in [5, 5.41) is 8.01. The standard InChI is InChI=1S/C22H36ClN5O.HI/c1-3-10-27-11-8-18(9-12-27)26-22(24-2)25-17-21(28-13-15-29-16-14-28)19-6-4-5-7-20(19)23;/h4-7,18,21H,3,8-17H2,1-2H3,(H2,24,25,26);1H. The first-order valence-electron chi connectivity index (χ1n) is 11.0. The SMILES string of the molecule is CCCN1CCC(NC(=NC)NCC(c2ccccc2Cl)N2CCOCC2)CC1.I. The molecule has 0 aromatic heterocycles. The summed E-state index contributed by atoms with van der Waals surface area (Å²) in [4.78, 5) is 9.48. The zero-order valence-electron chi connectivity index (χ0n) is 18.3. The number of nitrogens with zero attached hydrogens (tertiary/aromatic N) is 3. The van der Waals surface area contributed by atoms with Gasteiger partial charge in [-0.15, -0.1) is 24.0 Å². The molecule has 6 nitrogen and oxygen atoms in total. The lowest BCUT2D eigenvalue weighted by Gasteiger charge is -2.36. The Hall–Kier alpha value is -0.610. The summed E-state index contributed by atoms with van der Waals surface area (Å²) in [5.41, 5.74) is 1.16. The minimum Gasteiger partial charge on any atom is -0.379 e. The number of hydrogen-bond donors (Lipinski definition) is 2. The molecule has 1 aromatic rings. The van der Waals surface area contributed by atoms with Gasteiger partial charge in [-0.25, -0.2) is 0 Å². The molecule has 8 heteroatoms. The zero-order valence-corrected chi connectivity index (χ0v) is 21.4. The van der Waals surface area contributed by atoms with Crippen LogP contribution in [0.15, 0.2) is 29.3 Å². The van der Waals surface area contributed by atoms with Crippen LogP contribution < -0.4 is 10.6 Å². The third kappa shape index (κ3) is 7.51. The van der Waals surface area contributed by atoms with Gasteiger partial charge in [-0.2, -0.15) is 0 Å². The molecule has 2 aliphatic rings. The first-order chi connectivity index (χ1) is 14.2. The lowest BCUT2D eigenvalue weighted by molar-refractivity contribution is 0.0170. The number of nitrogens with one attached hydrogen (secondary N) is 2. The van der Waals surface area contributed by atoms with E-state index in [0.717, 1.165) is 62.2 Å². The van der Waals surface area contributed by atoms with Gasteiger partial charge >= 0.3 is 0 Å². The number of halogens is 2. The largest absolute Gasteiger partial charge is 0.379 e. The molecule has 170 valence electrons. The summed E-state index contributed by atoms with van der Waals surface area (Å²) in [6, 6.07) is 8.83. The van der Waals surface area contributed by atoms with Crippen molar-refractivity contribution in [1.82, 2.24) is 20.4 Å². The van der Waals surface area contributed by atoms with Gasteiger partial charge in [-0.05, 0) is 37.4 Å². The van der Waals surface area contributed by atoms with Crippen molar-refractivity contribution in [3.63, 3.8) is 0 Å². The van der Waals surface area contributed by atoms with Crippen molar-refractivity contribution in [2.24, 2.45) is 4.99 Å². The van der Waals surface area contributed by atoms with Crippen molar-refractivity contribution in [1.29, 1.82) is 0 Å². The van der Waals surface area contributed by atoms with Crippen molar-refractivity contribution in [2.75, 3.05) is 59.5 Å². The van der Waals surface area contributed by atoms with E-state index in [0.29, 0.717) is 6.04 Å². The highest BCUT2D eigenvalue weighted by Gasteiger charge is 2.25. The third-order valence-corrected chi connectivity index (χ3v) is 6.25. The molecule has 0 radical (unpaired) electrons. The van der Waals surface area contributed by atoms with E-state index >= 15 is 0 Å². The molecule has 0 saturated carbocycles. The topological polar surface area (TPSA) is 52.1 Å². The van der Waals surface area contributed by atoms with Crippen LogP contribution in [0.1, 0.15) is 37.8 Å². The van der Waals surface area contributed by atoms with Gasteiger partial charge in [0.25, 0.3) is 0 Å². The predicted molar refractivity (Wildman–Crippen MR) is 136 cm³/mol. The minimum atomic E-state index is 0. The Kier molecular flexibility index (Phi) is 11.7. The number of ether oxygens (including phenoxy) is 1. The van der Waals surface area contributed by atoms with Crippen LogP contribution in [0, 0.1) is 0 Å². The molecular formula is C22H37ClIN5O. The molecule has 1 aromatic carbocycles. The summed E-state index contributed by atoms with van der Waals surface area (Å²) in [6.45, 7) is 9.92. The van der Waals surface area contributed by atoms with Gasteiger partial charge in [-0.1, -0.05) is 36.7 Å². The van der Waals surface area contributed by atoms with E-state index in [1.165, 1.54) is 26.1 Å². The third-order valence-electron chi connectivity index (χ3n) is 5.91. The average molecular weight is 550 g/mol. The first kappa shape index (κ1) is 25.6. The molecule has 1 unspecified atom stereocenters. The second-order valence-corrected chi connectivity index (χ2v) is 8.31. The summed E-state index contributed by atoms with van der Waals surface area (Å²) < 4.78 is 5.55. The molecule has 1 atom stereocenters. The van der Waals surface area contributed by atoms with Crippen molar-refractivity contribution in [2.45, 2.75) is 38.3 Å². The van der Waals surface area contributed by atoms with Crippen molar-refractivity contribution >= 4 is 41.5 Å². The fraction of sp³-hybridized carbons (Fsp3) is 0.682. The molecule has 0 spiro atoms. The summed E-state index contributed by atoms with van der Waals surface area (Å²) >= 11 is 6.55. The lowest BCUT2D eigenvalue weighted by Crippen LogP contribution is -2.51. The lowest BCUT2D eigenvalue weighted by atomic mass is 10.0. The maximum atomic E-state index is 6.55. The van der Waals surface area contributed by atoms with Gasteiger partial charge in [0.05, 0.1) is 19.3 Å². The Morgan fingerprint density at radius 3 is 2.53 bits per heavy atom.